The number of halogens is 1. The number of hydrogen-bond donors (Lipinski definition) is 2. The molecule has 0 aliphatic rings. The summed E-state index contributed by atoms with van der Waals surface area (Å²) >= 11 is 0. The first-order valence-corrected chi connectivity index (χ1v) is 5.55. The lowest BCUT2D eigenvalue weighted by atomic mass is 10.1. The molecule has 0 unspecified atom stereocenters. The topological polar surface area (TPSA) is 50.9 Å². The minimum Gasteiger partial charge on any atom is -0.396 e. The summed E-state index contributed by atoms with van der Waals surface area (Å²) in [7, 11) is 0. The molecule has 0 bridgehead atoms. The fourth-order valence-electron chi connectivity index (χ4n) is 1.66. The Balaban J connectivity index is 0.00000144. The van der Waals surface area contributed by atoms with E-state index in [0.717, 1.165) is 23.1 Å². The van der Waals surface area contributed by atoms with Crippen LogP contribution in [-0.4, -0.2) is 11.5 Å². The third kappa shape index (κ3) is 3.01. The van der Waals surface area contributed by atoms with Gasteiger partial charge in [-0.3, -0.25) is 4.98 Å². The van der Waals surface area contributed by atoms with Crippen molar-refractivity contribution in [2.24, 2.45) is 5.92 Å². The normalized spacial score (nSPS) is 10.3. The van der Waals surface area contributed by atoms with E-state index in [1.807, 2.05) is 24.3 Å². The number of nitrogens with zero attached hydrogens (tertiary/aromatic N) is 1. The Morgan fingerprint density at radius 3 is 2.71 bits per heavy atom. The van der Waals surface area contributed by atoms with E-state index in [2.05, 4.69) is 24.1 Å². The van der Waals surface area contributed by atoms with Gasteiger partial charge in [-0.2, -0.15) is 0 Å². The highest BCUT2D eigenvalue weighted by atomic mass is 35.5. The van der Waals surface area contributed by atoms with Crippen LogP contribution in [0, 0.1) is 5.92 Å². The van der Waals surface area contributed by atoms with E-state index < -0.39 is 0 Å². The van der Waals surface area contributed by atoms with Crippen LogP contribution in [0.2, 0.25) is 0 Å². The molecular formula is C13H18ClN3. The number of nitrogen functional groups attached to an aromatic ring is 1. The van der Waals surface area contributed by atoms with E-state index in [-0.39, 0.29) is 12.4 Å². The first-order chi connectivity index (χ1) is 7.68. The molecule has 0 saturated carbocycles. The lowest BCUT2D eigenvalue weighted by molar-refractivity contribution is 0.689. The highest BCUT2D eigenvalue weighted by molar-refractivity contribution is 5.96. The maximum atomic E-state index is 5.95. The number of anilines is 2. The molecule has 0 radical (unpaired) electrons. The van der Waals surface area contributed by atoms with Gasteiger partial charge in [-0.1, -0.05) is 32.0 Å². The molecular weight excluding hydrogens is 234 g/mol. The fraction of sp³-hybridized carbons (Fsp3) is 0.308. The van der Waals surface area contributed by atoms with Gasteiger partial charge in [-0.15, -0.1) is 12.4 Å². The average Bonchev–Trinajstić information content (AvgIpc) is 2.27. The zero-order valence-corrected chi connectivity index (χ0v) is 10.9. The van der Waals surface area contributed by atoms with E-state index in [4.69, 9.17) is 5.73 Å². The lowest BCUT2D eigenvalue weighted by Crippen LogP contribution is -2.10. The van der Waals surface area contributed by atoms with Crippen molar-refractivity contribution in [1.29, 1.82) is 0 Å². The third-order valence-electron chi connectivity index (χ3n) is 2.49. The van der Waals surface area contributed by atoms with Crippen LogP contribution >= 0.6 is 12.4 Å². The van der Waals surface area contributed by atoms with Crippen molar-refractivity contribution in [1.82, 2.24) is 4.98 Å². The zero-order chi connectivity index (χ0) is 11.5. The molecule has 0 amide bonds. The molecule has 0 spiro atoms. The van der Waals surface area contributed by atoms with Gasteiger partial charge in [-0.25, -0.2) is 0 Å². The van der Waals surface area contributed by atoms with Crippen molar-refractivity contribution in [2.75, 3.05) is 17.6 Å². The Labute approximate surface area is 108 Å². The number of para-hydroxylation sites is 1. The summed E-state index contributed by atoms with van der Waals surface area (Å²) in [5, 5.41) is 4.48. The number of nitrogens with two attached hydrogens (primary N) is 1. The van der Waals surface area contributed by atoms with Gasteiger partial charge in [0.15, 0.2) is 0 Å². The second-order valence-corrected chi connectivity index (χ2v) is 4.38. The molecule has 1 aromatic heterocycles. The van der Waals surface area contributed by atoms with Crippen molar-refractivity contribution >= 4 is 34.7 Å². The number of rotatable bonds is 3. The van der Waals surface area contributed by atoms with Gasteiger partial charge in [0.1, 0.15) is 0 Å². The maximum Gasteiger partial charge on any atom is 0.0743 e. The average molecular weight is 252 g/mol. The second kappa shape index (κ2) is 5.73. The van der Waals surface area contributed by atoms with Gasteiger partial charge in [-0.05, 0) is 12.0 Å². The lowest BCUT2D eigenvalue weighted by Gasteiger charge is -2.13. The SMILES string of the molecule is CC(C)CNc1c(N)cnc2ccccc12.Cl. The van der Waals surface area contributed by atoms with E-state index in [0.29, 0.717) is 11.6 Å². The number of benzene rings is 1. The smallest absolute Gasteiger partial charge is 0.0743 e. The van der Waals surface area contributed by atoms with Gasteiger partial charge in [0.2, 0.25) is 0 Å². The van der Waals surface area contributed by atoms with Gasteiger partial charge in [0, 0.05) is 11.9 Å². The summed E-state index contributed by atoms with van der Waals surface area (Å²) in [4.78, 5) is 4.30. The summed E-state index contributed by atoms with van der Waals surface area (Å²) < 4.78 is 0. The molecule has 3 nitrogen and oxygen atoms in total. The highest BCUT2D eigenvalue weighted by Gasteiger charge is 2.05. The molecule has 0 saturated heterocycles. The number of hydrogen-bond acceptors (Lipinski definition) is 3. The highest BCUT2D eigenvalue weighted by Crippen LogP contribution is 2.27. The van der Waals surface area contributed by atoms with Crippen LogP contribution in [0.25, 0.3) is 10.9 Å². The predicted molar refractivity (Wildman–Crippen MR) is 76.7 cm³/mol. The first kappa shape index (κ1) is 13.6. The molecule has 4 heteroatoms. The van der Waals surface area contributed by atoms with Crippen LogP contribution in [-0.2, 0) is 0 Å². The van der Waals surface area contributed by atoms with Crippen LogP contribution in [0.15, 0.2) is 30.5 Å². The van der Waals surface area contributed by atoms with Crippen LogP contribution in [0.4, 0.5) is 11.4 Å². The number of aromatic nitrogens is 1. The Morgan fingerprint density at radius 2 is 2.00 bits per heavy atom. The van der Waals surface area contributed by atoms with Gasteiger partial charge in [0.25, 0.3) is 0 Å². The molecule has 1 heterocycles. The van der Waals surface area contributed by atoms with E-state index in [9.17, 15) is 0 Å². The molecule has 3 N–H and O–H groups in total. The molecule has 17 heavy (non-hydrogen) atoms. The summed E-state index contributed by atoms with van der Waals surface area (Å²) in [5.74, 6) is 0.589. The van der Waals surface area contributed by atoms with E-state index >= 15 is 0 Å². The standard InChI is InChI=1S/C13H17N3.ClH/c1-9(2)7-16-13-10-5-3-4-6-12(10)15-8-11(13)14;/h3-6,8-9H,7,14H2,1-2H3,(H,15,16);1H. The zero-order valence-electron chi connectivity index (χ0n) is 10.1. The third-order valence-corrected chi connectivity index (χ3v) is 2.49. The van der Waals surface area contributed by atoms with Gasteiger partial charge >= 0.3 is 0 Å². The Bertz CT molecular complexity index is 497. The van der Waals surface area contributed by atoms with Crippen LogP contribution < -0.4 is 11.1 Å². The van der Waals surface area contributed by atoms with Crippen molar-refractivity contribution < 1.29 is 0 Å². The molecule has 2 aromatic rings. The Hall–Kier alpha value is -1.48. The van der Waals surface area contributed by atoms with Crippen LogP contribution in [0.5, 0.6) is 0 Å². The predicted octanol–water partition coefficient (Wildman–Crippen LogP) is 3.31. The Kier molecular flexibility index (Phi) is 4.58. The minimum atomic E-state index is 0. The van der Waals surface area contributed by atoms with Gasteiger partial charge < -0.3 is 11.1 Å². The molecule has 0 aliphatic carbocycles. The molecule has 1 aromatic carbocycles. The number of pyridine rings is 1. The van der Waals surface area contributed by atoms with E-state index in [1.165, 1.54) is 0 Å². The fourth-order valence-corrected chi connectivity index (χ4v) is 1.66. The summed E-state index contributed by atoms with van der Waals surface area (Å²) in [6.07, 6.45) is 1.71. The first-order valence-electron chi connectivity index (χ1n) is 5.55. The quantitative estimate of drug-likeness (QED) is 0.880. The molecule has 0 fully saturated rings. The molecule has 0 atom stereocenters. The number of fused-ring (bicyclic) bond motifs is 1. The molecule has 92 valence electrons. The van der Waals surface area contributed by atoms with Gasteiger partial charge in [0.05, 0.1) is 23.1 Å². The second-order valence-electron chi connectivity index (χ2n) is 4.38. The van der Waals surface area contributed by atoms with Crippen molar-refractivity contribution in [3.05, 3.63) is 30.5 Å². The maximum absolute atomic E-state index is 5.95. The summed E-state index contributed by atoms with van der Waals surface area (Å²) in [5.41, 5.74) is 8.63. The van der Waals surface area contributed by atoms with Crippen molar-refractivity contribution in [3.8, 4) is 0 Å². The van der Waals surface area contributed by atoms with Crippen molar-refractivity contribution in [2.45, 2.75) is 13.8 Å². The number of nitrogens with one attached hydrogen (secondary N) is 1. The minimum absolute atomic E-state index is 0. The summed E-state index contributed by atoms with van der Waals surface area (Å²) in [6, 6.07) is 8.03. The van der Waals surface area contributed by atoms with E-state index in [1.54, 1.807) is 6.20 Å². The Morgan fingerprint density at radius 1 is 1.29 bits per heavy atom. The van der Waals surface area contributed by atoms with Crippen molar-refractivity contribution in [3.63, 3.8) is 0 Å². The monoisotopic (exact) mass is 251 g/mol. The molecule has 2 rings (SSSR count). The van der Waals surface area contributed by atoms with Crippen LogP contribution in [0.3, 0.4) is 0 Å². The largest absolute Gasteiger partial charge is 0.396 e. The summed E-state index contributed by atoms with van der Waals surface area (Å²) in [6.45, 7) is 5.26. The van der Waals surface area contributed by atoms with Crippen LogP contribution in [0.1, 0.15) is 13.8 Å². The molecule has 0 aliphatic heterocycles.